The van der Waals surface area contributed by atoms with Crippen LogP contribution in [-0.2, 0) is 9.53 Å². The maximum absolute atomic E-state index is 12.2. The molecule has 0 bridgehead atoms. The minimum atomic E-state index is -1.02. The number of urea groups is 1. The SMILES string of the molecule is CCCCCC(C)(C)CNC(=O)N1CCOCC1C(=O)O. The van der Waals surface area contributed by atoms with Gasteiger partial charge in [0, 0.05) is 13.1 Å². The number of rotatable bonds is 7. The van der Waals surface area contributed by atoms with Crippen LogP contribution in [0.3, 0.4) is 0 Å². The van der Waals surface area contributed by atoms with Crippen LogP contribution in [-0.4, -0.2) is 54.4 Å². The number of nitrogens with one attached hydrogen (secondary N) is 1. The summed E-state index contributed by atoms with van der Waals surface area (Å²) in [6, 6.07) is -1.20. The van der Waals surface area contributed by atoms with Gasteiger partial charge in [0.15, 0.2) is 6.04 Å². The van der Waals surface area contributed by atoms with Crippen molar-refractivity contribution in [2.24, 2.45) is 5.41 Å². The first-order valence-corrected chi connectivity index (χ1v) is 7.72. The van der Waals surface area contributed by atoms with Gasteiger partial charge >= 0.3 is 12.0 Å². The molecule has 1 fully saturated rings. The second-order valence-electron chi connectivity index (χ2n) is 6.40. The summed E-state index contributed by atoms with van der Waals surface area (Å²) in [5.41, 5.74) is 0.0236. The first kappa shape index (κ1) is 17.8. The summed E-state index contributed by atoms with van der Waals surface area (Å²) in [4.78, 5) is 24.7. The minimum Gasteiger partial charge on any atom is -0.480 e. The van der Waals surface area contributed by atoms with Crippen LogP contribution in [0.25, 0.3) is 0 Å². The van der Waals surface area contributed by atoms with Gasteiger partial charge in [0.2, 0.25) is 0 Å². The van der Waals surface area contributed by atoms with E-state index in [1.54, 1.807) is 0 Å². The maximum atomic E-state index is 12.2. The van der Waals surface area contributed by atoms with Crippen LogP contribution in [0.5, 0.6) is 0 Å². The zero-order valence-corrected chi connectivity index (χ0v) is 13.4. The molecule has 1 atom stereocenters. The molecule has 1 saturated heterocycles. The van der Waals surface area contributed by atoms with Crippen LogP contribution in [0.15, 0.2) is 0 Å². The Labute approximate surface area is 126 Å². The number of nitrogens with zero attached hydrogens (tertiary/aromatic N) is 1. The Morgan fingerprint density at radius 1 is 1.38 bits per heavy atom. The van der Waals surface area contributed by atoms with E-state index in [1.165, 1.54) is 17.7 Å². The number of unbranched alkanes of at least 4 members (excludes halogenated alkanes) is 2. The first-order valence-electron chi connectivity index (χ1n) is 7.72. The Hall–Kier alpha value is -1.30. The molecule has 0 saturated carbocycles. The third kappa shape index (κ3) is 5.91. The first-order chi connectivity index (χ1) is 9.87. The van der Waals surface area contributed by atoms with Crippen LogP contribution in [0.4, 0.5) is 4.79 Å². The number of aliphatic carboxylic acids is 1. The van der Waals surface area contributed by atoms with Crippen molar-refractivity contribution in [1.82, 2.24) is 10.2 Å². The lowest BCUT2D eigenvalue weighted by Gasteiger charge is -2.34. The number of carboxylic acid groups (broad SMARTS) is 1. The number of ether oxygens (including phenoxy) is 1. The number of hydrogen-bond acceptors (Lipinski definition) is 3. The van der Waals surface area contributed by atoms with E-state index in [9.17, 15) is 9.59 Å². The number of amides is 2. The monoisotopic (exact) mass is 300 g/mol. The van der Waals surface area contributed by atoms with E-state index < -0.39 is 12.0 Å². The lowest BCUT2D eigenvalue weighted by molar-refractivity contribution is -0.147. The number of morpholine rings is 1. The lowest BCUT2D eigenvalue weighted by atomic mass is 9.87. The molecule has 0 aromatic carbocycles. The summed E-state index contributed by atoms with van der Waals surface area (Å²) in [6.07, 6.45) is 4.57. The summed E-state index contributed by atoms with van der Waals surface area (Å²) in [6.45, 7) is 7.73. The summed E-state index contributed by atoms with van der Waals surface area (Å²) in [5.74, 6) is -1.02. The summed E-state index contributed by atoms with van der Waals surface area (Å²) in [7, 11) is 0. The number of carbonyl (C=O) groups is 2. The summed E-state index contributed by atoms with van der Waals surface area (Å²) in [5, 5.41) is 12.0. The third-order valence-electron chi connectivity index (χ3n) is 3.85. The Kier molecular flexibility index (Phi) is 6.95. The standard InChI is InChI=1S/C15H28N2O4/c1-4-5-6-7-15(2,3)11-16-14(20)17-8-9-21-10-12(17)13(18)19/h12H,4-11H2,1-3H3,(H,16,20)(H,18,19). The topological polar surface area (TPSA) is 78.9 Å². The second kappa shape index (κ2) is 8.22. The maximum Gasteiger partial charge on any atom is 0.328 e. The second-order valence-corrected chi connectivity index (χ2v) is 6.40. The lowest BCUT2D eigenvalue weighted by Crippen LogP contribution is -2.56. The highest BCUT2D eigenvalue weighted by molar-refractivity contribution is 5.83. The van der Waals surface area contributed by atoms with E-state index in [-0.39, 0.29) is 18.1 Å². The predicted molar refractivity (Wildman–Crippen MR) is 80.3 cm³/mol. The van der Waals surface area contributed by atoms with Crippen LogP contribution >= 0.6 is 0 Å². The largest absolute Gasteiger partial charge is 0.480 e. The molecule has 0 aromatic heterocycles. The van der Waals surface area contributed by atoms with Gasteiger partial charge in [-0.15, -0.1) is 0 Å². The zero-order valence-electron chi connectivity index (χ0n) is 13.4. The molecule has 1 rings (SSSR count). The third-order valence-corrected chi connectivity index (χ3v) is 3.85. The molecule has 0 aromatic rings. The minimum absolute atomic E-state index is 0.0236. The van der Waals surface area contributed by atoms with E-state index in [2.05, 4.69) is 26.1 Å². The molecule has 1 heterocycles. The fraction of sp³-hybridized carbons (Fsp3) is 0.867. The zero-order chi connectivity index (χ0) is 15.9. The van der Waals surface area contributed by atoms with Crippen molar-refractivity contribution in [2.45, 2.75) is 52.5 Å². The van der Waals surface area contributed by atoms with Crippen molar-refractivity contribution in [1.29, 1.82) is 0 Å². The Morgan fingerprint density at radius 2 is 2.10 bits per heavy atom. The van der Waals surface area contributed by atoms with Crippen LogP contribution in [0.1, 0.15) is 46.5 Å². The highest BCUT2D eigenvalue weighted by Crippen LogP contribution is 2.22. The van der Waals surface area contributed by atoms with Crippen molar-refractivity contribution in [2.75, 3.05) is 26.3 Å². The van der Waals surface area contributed by atoms with Crippen LogP contribution < -0.4 is 5.32 Å². The molecule has 2 N–H and O–H groups in total. The van der Waals surface area contributed by atoms with E-state index in [1.807, 2.05) is 0 Å². The average molecular weight is 300 g/mol. The number of hydrogen-bond donors (Lipinski definition) is 2. The predicted octanol–water partition coefficient (Wildman–Crippen LogP) is 2.09. The van der Waals surface area contributed by atoms with Gasteiger partial charge in [-0.3, -0.25) is 0 Å². The van der Waals surface area contributed by atoms with Crippen molar-refractivity contribution < 1.29 is 19.4 Å². The Morgan fingerprint density at radius 3 is 2.71 bits per heavy atom. The molecular weight excluding hydrogens is 272 g/mol. The van der Waals surface area contributed by atoms with E-state index in [0.717, 1.165) is 12.8 Å². The molecule has 122 valence electrons. The van der Waals surface area contributed by atoms with E-state index >= 15 is 0 Å². The van der Waals surface area contributed by atoms with Crippen LogP contribution in [0, 0.1) is 5.41 Å². The van der Waals surface area contributed by atoms with Gasteiger partial charge in [0.1, 0.15) is 0 Å². The van der Waals surface area contributed by atoms with E-state index in [4.69, 9.17) is 9.84 Å². The molecule has 0 spiro atoms. The average Bonchev–Trinajstić information content (AvgIpc) is 2.45. The normalized spacial score (nSPS) is 19.4. The quantitative estimate of drug-likeness (QED) is 0.706. The van der Waals surface area contributed by atoms with Gasteiger partial charge in [-0.05, 0) is 11.8 Å². The smallest absolute Gasteiger partial charge is 0.328 e. The van der Waals surface area contributed by atoms with Gasteiger partial charge in [-0.2, -0.15) is 0 Å². The molecule has 1 aliphatic heterocycles. The van der Waals surface area contributed by atoms with Gasteiger partial charge in [0.25, 0.3) is 0 Å². The molecule has 1 aliphatic rings. The molecule has 6 nitrogen and oxygen atoms in total. The van der Waals surface area contributed by atoms with E-state index in [0.29, 0.717) is 19.7 Å². The van der Waals surface area contributed by atoms with Crippen molar-refractivity contribution >= 4 is 12.0 Å². The van der Waals surface area contributed by atoms with Gasteiger partial charge < -0.3 is 20.1 Å². The molecule has 6 heteroatoms. The van der Waals surface area contributed by atoms with Gasteiger partial charge in [-0.1, -0.05) is 40.0 Å². The molecule has 0 radical (unpaired) electrons. The highest BCUT2D eigenvalue weighted by Gasteiger charge is 2.33. The molecule has 2 amide bonds. The Bertz CT molecular complexity index is 358. The molecule has 1 unspecified atom stereocenters. The summed E-state index contributed by atoms with van der Waals surface area (Å²) >= 11 is 0. The molecular formula is C15H28N2O4. The van der Waals surface area contributed by atoms with Gasteiger partial charge in [0.05, 0.1) is 13.2 Å². The molecule has 0 aliphatic carbocycles. The van der Waals surface area contributed by atoms with Crippen molar-refractivity contribution in [3.05, 3.63) is 0 Å². The Balaban J connectivity index is 2.46. The van der Waals surface area contributed by atoms with Gasteiger partial charge in [-0.25, -0.2) is 9.59 Å². The number of carbonyl (C=O) groups excluding carboxylic acids is 1. The highest BCUT2D eigenvalue weighted by atomic mass is 16.5. The van der Waals surface area contributed by atoms with Crippen molar-refractivity contribution in [3.63, 3.8) is 0 Å². The molecule has 21 heavy (non-hydrogen) atoms. The number of carboxylic acids is 1. The summed E-state index contributed by atoms with van der Waals surface area (Å²) < 4.78 is 5.13. The fourth-order valence-electron chi connectivity index (χ4n) is 2.41. The van der Waals surface area contributed by atoms with Crippen molar-refractivity contribution in [3.8, 4) is 0 Å². The van der Waals surface area contributed by atoms with Crippen LogP contribution in [0.2, 0.25) is 0 Å². The fourth-order valence-corrected chi connectivity index (χ4v) is 2.41.